The van der Waals surface area contributed by atoms with E-state index in [0.717, 1.165) is 28.1 Å². The first-order chi connectivity index (χ1) is 15.0. The average molecular weight is 412 g/mol. The monoisotopic (exact) mass is 411 g/mol. The van der Waals surface area contributed by atoms with Crippen LogP contribution in [0.1, 0.15) is 40.3 Å². The molecule has 2 aromatic heterocycles. The molecule has 31 heavy (non-hydrogen) atoms. The summed E-state index contributed by atoms with van der Waals surface area (Å²) >= 11 is 0. The smallest absolute Gasteiger partial charge is 0.113 e. The van der Waals surface area contributed by atoms with Gasteiger partial charge < -0.3 is 5.21 Å². The highest BCUT2D eigenvalue weighted by Gasteiger charge is 2.20. The van der Waals surface area contributed by atoms with Crippen molar-refractivity contribution in [2.75, 3.05) is 0 Å². The predicted molar refractivity (Wildman–Crippen MR) is 121 cm³/mol. The van der Waals surface area contributed by atoms with E-state index >= 15 is 0 Å². The van der Waals surface area contributed by atoms with Crippen molar-refractivity contribution in [3.8, 4) is 11.3 Å². The van der Waals surface area contributed by atoms with E-state index in [0.29, 0.717) is 12.1 Å². The summed E-state index contributed by atoms with van der Waals surface area (Å²) in [6, 6.07) is 20.5. The summed E-state index contributed by atoms with van der Waals surface area (Å²) in [4.78, 5) is 4.26. The SMILES string of the molecule is Cc1cc(C(CC(c2ccc(-c3cn(C)nn3)cc2)c2ccccc2C)=NO)ccn1. The molecule has 4 aromatic rings. The molecule has 0 aliphatic rings. The molecular weight excluding hydrogens is 386 g/mol. The highest BCUT2D eigenvalue weighted by Crippen LogP contribution is 2.33. The zero-order valence-corrected chi connectivity index (χ0v) is 17.9. The average Bonchev–Trinajstić information content (AvgIpc) is 3.22. The first-order valence-electron chi connectivity index (χ1n) is 10.2. The molecule has 4 rings (SSSR count). The fourth-order valence-corrected chi connectivity index (χ4v) is 3.89. The molecule has 6 nitrogen and oxygen atoms in total. The maximum atomic E-state index is 9.83. The highest BCUT2D eigenvalue weighted by atomic mass is 16.4. The van der Waals surface area contributed by atoms with Crippen molar-refractivity contribution < 1.29 is 5.21 Å². The van der Waals surface area contributed by atoms with Gasteiger partial charge >= 0.3 is 0 Å². The minimum Gasteiger partial charge on any atom is -0.411 e. The van der Waals surface area contributed by atoms with Crippen LogP contribution in [-0.4, -0.2) is 30.9 Å². The Morgan fingerprint density at radius 2 is 1.84 bits per heavy atom. The van der Waals surface area contributed by atoms with Crippen LogP contribution >= 0.6 is 0 Å². The second-order valence-electron chi connectivity index (χ2n) is 7.75. The van der Waals surface area contributed by atoms with Gasteiger partial charge in [-0.15, -0.1) is 5.10 Å². The largest absolute Gasteiger partial charge is 0.411 e. The first-order valence-corrected chi connectivity index (χ1v) is 10.2. The molecule has 0 aliphatic carbocycles. The van der Waals surface area contributed by atoms with Crippen molar-refractivity contribution in [1.82, 2.24) is 20.0 Å². The number of oxime groups is 1. The van der Waals surface area contributed by atoms with E-state index in [1.165, 1.54) is 11.1 Å². The van der Waals surface area contributed by atoms with Gasteiger partial charge in [0.2, 0.25) is 0 Å². The minimum atomic E-state index is 0.0384. The van der Waals surface area contributed by atoms with Crippen LogP contribution in [0, 0.1) is 13.8 Å². The fraction of sp³-hybridized carbons (Fsp3) is 0.200. The van der Waals surface area contributed by atoms with Gasteiger partial charge in [-0.1, -0.05) is 58.9 Å². The lowest BCUT2D eigenvalue weighted by Crippen LogP contribution is -2.12. The van der Waals surface area contributed by atoms with E-state index in [4.69, 9.17) is 0 Å². The third-order valence-electron chi connectivity index (χ3n) is 5.52. The van der Waals surface area contributed by atoms with Gasteiger partial charge in [0.15, 0.2) is 0 Å². The quantitative estimate of drug-likeness (QED) is 0.278. The standard InChI is InChI=1S/C25H25N5O/c1-17-6-4-5-7-22(17)23(15-24(28-31)21-12-13-26-18(2)14-21)19-8-10-20(11-9-19)25-16-30(3)29-27-25/h4-14,16,23,31H,15H2,1-3H3. The molecule has 2 heterocycles. The minimum absolute atomic E-state index is 0.0384. The summed E-state index contributed by atoms with van der Waals surface area (Å²) in [6.07, 6.45) is 4.21. The Bertz CT molecular complexity index is 1210. The normalized spacial score (nSPS) is 12.7. The zero-order valence-electron chi connectivity index (χ0n) is 17.9. The van der Waals surface area contributed by atoms with Crippen LogP contribution in [-0.2, 0) is 7.05 Å². The number of aromatic nitrogens is 4. The van der Waals surface area contributed by atoms with Gasteiger partial charge in [0.05, 0.1) is 11.9 Å². The van der Waals surface area contributed by atoms with Crippen LogP contribution in [0.25, 0.3) is 11.3 Å². The summed E-state index contributed by atoms with van der Waals surface area (Å²) in [5.74, 6) is 0.0384. The van der Waals surface area contributed by atoms with Gasteiger partial charge in [-0.05, 0) is 42.7 Å². The highest BCUT2D eigenvalue weighted by molar-refractivity contribution is 6.01. The van der Waals surface area contributed by atoms with Gasteiger partial charge in [-0.25, -0.2) is 0 Å². The molecule has 1 N–H and O–H groups in total. The molecule has 6 heteroatoms. The number of pyridine rings is 1. The van der Waals surface area contributed by atoms with Crippen molar-refractivity contribution in [3.05, 3.63) is 101 Å². The summed E-state index contributed by atoms with van der Waals surface area (Å²) in [5.41, 5.74) is 7.82. The Kier molecular flexibility index (Phi) is 5.89. The Morgan fingerprint density at radius 1 is 1.06 bits per heavy atom. The van der Waals surface area contributed by atoms with Crippen molar-refractivity contribution in [2.45, 2.75) is 26.2 Å². The lowest BCUT2D eigenvalue weighted by molar-refractivity contribution is 0.317. The third-order valence-corrected chi connectivity index (χ3v) is 5.52. The van der Waals surface area contributed by atoms with E-state index in [1.807, 2.05) is 38.4 Å². The van der Waals surface area contributed by atoms with Gasteiger partial charge in [0.1, 0.15) is 5.69 Å². The molecule has 0 aliphatic heterocycles. The number of rotatable bonds is 6. The molecule has 0 saturated heterocycles. The van der Waals surface area contributed by atoms with E-state index in [-0.39, 0.29) is 5.92 Å². The van der Waals surface area contributed by atoms with Crippen molar-refractivity contribution in [1.29, 1.82) is 0 Å². The molecular formula is C25H25N5O. The number of hydrogen-bond acceptors (Lipinski definition) is 5. The van der Waals surface area contributed by atoms with Crippen LogP contribution in [0.3, 0.4) is 0 Å². The topological polar surface area (TPSA) is 76.2 Å². The van der Waals surface area contributed by atoms with E-state index in [9.17, 15) is 5.21 Å². The summed E-state index contributed by atoms with van der Waals surface area (Å²) in [7, 11) is 1.86. The van der Waals surface area contributed by atoms with Crippen molar-refractivity contribution in [2.24, 2.45) is 12.2 Å². The Hall–Kier alpha value is -3.80. The predicted octanol–water partition coefficient (Wildman–Crippen LogP) is 4.89. The van der Waals surface area contributed by atoms with Gasteiger partial charge in [-0.2, -0.15) is 0 Å². The lowest BCUT2D eigenvalue weighted by atomic mass is 9.83. The van der Waals surface area contributed by atoms with Gasteiger partial charge in [0, 0.05) is 42.4 Å². The third kappa shape index (κ3) is 4.53. The van der Waals surface area contributed by atoms with Gasteiger partial charge in [0.25, 0.3) is 0 Å². The molecule has 1 unspecified atom stereocenters. The Labute approximate surface area is 181 Å². The van der Waals surface area contributed by atoms with Crippen molar-refractivity contribution >= 4 is 5.71 Å². The number of benzene rings is 2. The first kappa shape index (κ1) is 20.5. The number of hydrogen-bond donors (Lipinski definition) is 1. The summed E-state index contributed by atoms with van der Waals surface area (Å²) < 4.78 is 1.69. The molecule has 0 amide bonds. The number of aryl methyl sites for hydroxylation is 3. The molecule has 0 saturated carbocycles. The van der Waals surface area contributed by atoms with Crippen molar-refractivity contribution in [3.63, 3.8) is 0 Å². The summed E-state index contributed by atoms with van der Waals surface area (Å²) in [6.45, 7) is 4.05. The van der Waals surface area contributed by atoms with E-state index in [2.05, 4.69) is 69.8 Å². The molecule has 1 atom stereocenters. The van der Waals surface area contributed by atoms with Crippen LogP contribution in [0.2, 0.25) is 0 Å². The summed E-state index contributed by atoms with van der Waals surface area (Å²) in [5, 5.41) is 21.7. The maximum absolute atomic E-state index is 9.83. The van der Waals surface area contributed by atoms with Gasteiger partial charge in [-0.3, -0.25) is 9.67 Å². The molecule has 2 aromatic carbocycles. The molecule has 0 fully saturated rings. The molecule has 0 radical (unpaired) electrons. The zero-order chi connectivity index (χ0) is 21.8. The van der Waals surface area contributed by atoms with E-state index < -0.39 is 0 Å². The Morgan fingerprint density at radius 3 is 2.48 bits per heavy atom. The van der Waals surface area contributed by atoms with Crippen LogP contribution in [0.5, 0.6) is 0 Å². The Balaban J connectivity index is 1.72. The number of nitrogens with zero attached hydrogens (tertiary/aromatic N) is 5. The molecule has 156 valence electrons. The second-order valence-corrected chi connectivity index (χ2v) is 7.75. The van der Waals surface area contributed by atoms with Crippen LogP contribution in [0.15, 0.2) is 78.2 Å². The van der Waals surface area contributed by atoms with E-state index in [1.54, 1.807) is 10.9 Å². The molecule has 0 bridgehead atoms. The van der Waals surface area contributed by atoms with Crippen LogP contribution in [0.4, 0.5) is 0 Å². The molecule has 0 spiro atoms. The lowest BCUT2D eigenvalue weighted by Gasteiger charge is -2.21. The maximum Gasteiger partial charge on any atom is 0.113 e. The second kappa shape index (κ2) is 8.92. The van der Waals surface area contributed by atoms with Crippen LogP contribution < -0.4 is 0 Å². The fourth-order valence-electron chi connectivity index (χ4n) is 3.89.